The largest absolute Gasteiger partial charge is 0.383 e. The van der Waals surface area contributed by atoms with Gasteiger partial charge in [0.05, 0.1) is 6.61 Å². The van der Waals surface area contributed by atoms with E-state index in [0.717, 1.165) is 51.3 Å². The molecule has 2 rings (SSSR count). The van der Waals surface area contributed by atoms with Crippen LogP contribution in [0.5, 0.6) is 0 Å². The third-order valence-corrected chi connectivity index (χ3v) is 5.35. The molecular formula is C21H35N3O2. The van der Waals surface area contributed by atoms with E-state index >= 15 is 0 Å². The lowest BCUT2D eigenvalue weighted by Gasteiger charge is -2.33. The SMILES string of the molecule is COCCN1CCC(CN(C)C(=O)Nc2ccc(C)c(C(C)C)c2)CC1. The second-order valence-electron chi connectivity index (χ2n) is 7.81. The number of amides is 2. The zero-order chi connectivity index (χ0) is 19.1. The average Bonchev–Trinajstić information content (AvgIpc) is 2.62. The highest BCUT2D eigenvalue weighted by Gasteiger charge is 2.22. The summed E-state index contributed by atoms with van der Waals surface area (Å²) in [6.07, 6.45) is 2.28. The van der Waals surface area contributed by atoms with Crippen LogP contribution in [-0.2, 0) is 4.74 Å². The second kappa shape index (κ2) is 9.93. The van der Waals surface area contributed by atoms with Crippen LogP contribution >= 0.6 is 0 Å². The first-order valence-electron chi connectivity index (χ1n) is 9.74. The molecule has 26 heavy (non-hydrogen) atoms. The van der Waals surface area contributed by atoms with Crippen LogP contribution in [0.15, 0.2) is 18.2 Å². The van der Waals surface area contributed by atoms with E-state index in [9.17, 15) is 4.79 Å². The number of nitrogens with zero attached hydrogens (tertiary/aromatic N) is 2. The zero-order valence-electron chi connectivity index (χ0n) is 17.0. The summed E-state index contributed by atoms with van der Waals surface area (Å²) in [6.45, 7) is 11.3. The van der Waals surface area contributed by atoms with Gasteiger partial charge in [0.15, 0.2) is 0 Å². The summed E-state index contributed by atoms with van der Waals surface area (Å²) in [5, 5.41) is 3.05. The number of piperidine rings is 1. The topological polar surface area (TPSA) is 44.8 Å². The first kappa shape index (κ1) is 20.7. The number of rotatable bonds is 7. The minimum atomic E-state index is -0.0228. The molecule has 0 unspecified atom stereocenters. The van der Waals surface area contributed by atoms with Crippen LogP contribution in [0.3, 0.4) is 0 Å². The number of methoxy groups -OCH3 is 1. The van der Waals surface area contributed by atoms with E-state index in [2.05, 4.69) is 43.1 Å². The molecule has 0 aliphatic carbocycles. The summed E-state index contributed by atoms with van der Waals surface area (Å²) in [5.74, 6) is 1.03. The molecule has 0 bridgehead atoms. The van der Waals surface area contributed by atoms with Gasteiger partial charge in [-0.3, -0.25) is 0 Å². The van der Waals surface area contributed by atoms with Gasteiger partial charge in [-0.05, 0) is 68.0 Å². The number of ether oxygens (including phenoxy) is 1. The van der Waals surface area contributed by atoms with Crippen LogP contribution in [0.2, 0.25) is 0 Å². The highest BCUT2D eigenvalue weighted by molar-refractivity contribution is 5.89. The lowest BCUT2D eigenvalue weighted by Crippen LogP contribution is -2.41. The number of urea groups is 1. The van der Waals surface area contributed by atoms with E-state index in [4.69, 9.17) is 4.74 Å². The van der Waals surface area contributed by atoms with Gasteiger partial charge >= 0.3 is 6.03 Å². The number of aryl methyl sites for hydroxylation is 1. The fourth-order valence-electron chi connectivity index (χ4n) is 3.64. The van der Waals surface area contributed by atoms with Crippen molar-refractivity contribution in [1.82, 2.24) is 9.80 Å². The Morgan fingerprint density at radius 2 is 2.04 bits per heavy atom. The van der Waals surface area contributed by atoms with E-state index in [-0.39, 0.29) is 6.03 Å². The molecule has 0 spiro atoms. The summed E-state index contributed by atoms with van der Waals surface area (Å²) in [7, 11) is 3.64. The maximum absolute atomic E-state index is 12.5. The lowest BCUT2D eigenvalue weighted by atomic mass is 9.96. The maximum Gasteiger partial charge on any atom is 0.321 e. The van der Waals surface area contributed by atoms with Crippen molar-refractivity contribution >= 4 is 11.7 Å². The van der Waals surface area contributed by atoms with Crippen molar-refractivity contribution in [1.29, 1.82) is 0 Å². The minimum Gasteiger partial charge on any atom is -0.383 e. The second-order valence-corrected chi connectivity index (χ2v) is 7.81. The molecule has 146 valence electrons. The van der Waals surface area contributed by atoms with E-state index in [1.807, 2.05) is 18.0 Å². The molecule has 0 saturated carbocycles. The number of hydrogen-bond donors (Lipinski definition) is 1. The number of benzene rings is 1. The van der Waals surface area contributed by atoms with E-state index in [1.165, 1.54) is 11.1 Å². The highest BCUT2D eigenvalue weighted by Crippen LogP contribution is 2.23. The van der Waals surface area contributed by atoms with Crippen LogP contribution < -0.4 is 5.32 Å². The van der Waals surface area contributed by atoms with E-state index < -0.39 is 0 Å². The summed E-state index contributed by atoms with van der Waals surface area (Å²) in [5.41, 5.74) is 3.44. The van der Waals surface area contributed by atoms with Crippen LogP contribution in [0, 0.1) is 12.8 Å². The van der Waals surface area contributed by atoms with Crippen molar-refractivity contribution in [3.05, 3.63) is 29.3 Å². The van der Waals surface area contributed by atoms with Gasteiger partial charge in [-0.2, -0.15) is 0 Å². The predicted octanol–water partition coefficient (Wildman–Crippen LogP) is 3.94. The molecule has 1 fully saturated rings. The Morgan fingerprint density at radius 3 is 2.65 bits per heavy atom. The molecule has 5 nitrogen and oxygen atoms in total. The molecule has 1 aromatic rings. The van der Waals surface area contributed by atoms with Gasteiger partial charge in [0, 0.05) is 32.9 Å². The van der Waals surface area contributed by atoms with Crippen molar-refractivity contribution in [2.45, 2.75) is 39.5 Å². The van der Waals surface area contributed by atoms with Gasteiger partial charge in [0.25, 0.3) is 0 Å². The van der Waals surface area contributed by atoms with Crippen LogP contribution in [0.25, 0.3) is 0 Å². The summed E-state index contributed by atoms with van der Waals surface area (Å²) in [6, 6.07) is 6.15. The van der Waals surface area contributed by atoms with Gasteiger partial charge in [0.1, 0.15) is 0 Å². The van der Waals surface area contributed by atoms with Crippen molar-refractivity contribution in [2.75, 3.05) is 52.3 Å². The van der Waals surface area contributed by atoms with Gasteiger partial charge in [0.2, 0.25) is 0 Å². The molecule has 1 heterocycles. The number of nitrogens with one attached hydrogen (secondary N) is 1. The Balaban J connectivity index is 1.82. The number of anilines is 1. The van der Waals surface area contributed by atoms with Crippen molar-refractivity contribution in [3.8, 4) is 0 Å². The average molecular weight is 362 g/mol. The molecule has 0 aromatic heterocycles. The summed E-state index contributed by atoms with van der Waals surface area (Å²) in [4.78, 5) is 16.8. The smallest absolute Gasteiger partial charge is 0.321 e. The Kier molecular flexibility index (Phi) is 7.91. The first-order valence-corrected chi connectivity index (χ1v) is 9.74. The van der Waals surface area contributed by atoms with Gasteiger partial charge in [-0.15, -0.1) is 0 Å². The van der Waals surface area contributed by atoms with Crippen molar-refractivity contribution < 1.29 is 9.53 Å². The maximum atomic E-state index is 12.5. The Morgan fingerprint density at radius 1 is 1.35 bits per heavy atom. The third-order valence-electron chi connectivity index (χ3n) is 5.35. The summed E-state index contributed by atoms with van der Waals surface area (Å²) >= 11 is 0. The van der Waals surface area contributed by atoms with Crippen LogP contribution in [0.1, 0.15) is 43.7 Å². The zero-order valence-corrected chi connectivity index (χ0v) is 17.0. The van der Waals surface area contributed by atoms with Gasteiger partial charge in [-0.25, -0.2) is 4.79 Å². The van der Waals surface area contributed by atoms with Crippen LogP contribution in [0.4, 0.5) is 10.5 Å². The predicted molar refractivity (Wildman–Crippen MR) is 108 cm³/mol. The molecule has 1 aromatic carbocycles. The first-order chi connectivity index (χ1) is 12.4. The quantitative estimate of drug-likeness (QED) is 0.800. The molecule has 1 aliphatic rings. The minimum absolute atomic E-state index is 0.0228. The number of carbonyl (C=O) groups excluding carboxylic acids is 1. The Bertz CT molecular complexity index is 581. The fraction of sp³-hybridized carbons (Fsp3) is 0.667. The van der Waals surface area contributed by atoms with Gasteiger partial charge in [-0.1, -0.05) is 19.9 Å². The lowest BCUT2D eigenvalue weighted by molar-refractivity contribution is 0.113. The number of carbonyl (C=O) groups is 1. The number of hydrogen-bond acceptors (Lipinski definition) is 3. The van der Waals surface area contributed by atoms with Crippen molar-refractivity contribution in [3.63, 3.8) is 0 Å². The Labute approximate surface area is 158 Å². The standard InChI is InChI=1S/C21H35N3O2/c1-16(2)20-14-19(7-6-17(20)3)22-21(25)23(4)15-18-8-10-24(11-9-18)12-13-26-5/h6-7,14,16,18H,8-13,15H2,1-5H3,(H,22,25). The van der Waals surface area contributed by atoms with Crippen LogP contribution in [-0.4, -0.2) is 62.8 Å². The molecule has 0 radical (unpaired) electrons. The molecule has 0 atom stereocenters. The summed E-state index contributed by atoms with van der Waals surface area (Å²) < 4.78 is 5.15. The normalized spacial score (nSPS) is 16.1. The monoisotopic (exact) mass is 361 g/mol. The Hall–Kier alpha value is -1.59. The highest BCUT2D eigenvalue weighted by atomic mass is 16.5. The van der Waals surface area contributed by atoms with E-state index in [0.29, 0.717) is 11.8 Å². The van der Waals surface area contributed by atoms with Gasteiger partial charge < -0.3 is 19.9 Å². The molecular weight excluding hydrogens is 326 g/mol. The molecule has 1 N–H and O–H groups in total. The van der Waals surface area contributed by atoms with E-state index in [1.54, 1.807) is 7.11 Å². The molecule has 5 heteroatoms. The molecule has 1 aliphatic heterocycles. The fourth-order valence-corrected chi connectivity index (χ4v) is 3.64. The molecule has 1 saturated heterocycles. The van der Waals surface area contributed by atoms with Crippen molar-refractivity contribution in [2.24, 2.45) is 5.92 Å². The number of likely N-dealkylation sites (tertiary alicyclic amines) is 1. The third kappa shape index (κ3) is 5.99. The molecule has 2 amide bonds.